The van der Waals surface area contributed by atoms with Gasteiger partial charge in [-0.25, -0.2) is 4.39 Å². The van der Waals surface area contributed by atoms with Gasteiger partial charge in [-0.15, -0.1) is 0 Å². The second-order valence-electron chi connectivity index (χ2n) is 5.16. The van der Waals surface area contributed by atoms with Crippen molar-refractivity contribution in [1.82, 2.24) is 4.98 Å². The van der Waals surface area contributed by atoms with E-state index in [2.05, 4.69) is 4.98 Å². The Balaban J connectivity index is 0.000000360. The number of alkyl halides is 3. The minimum Gasteiger partial charge on any atom is -0.324 e. The maximum Gasteiger partial charge on any atom is 0.391 e. The molecule has 0 radical (unpaired) electrons. The lowest BCUT2D eigenvalue weighted by Gasteiger charge is -2.23. The molecule has 1 aliphatic rings. The van der Waals surface area contributed by atoms with Gasteiger partial charge in [-0.1, -0.05) is 33.1 Å². The van der Waals surface area contributed by atoms with E-state index in [9.17, 15) is 22.4 Å². The lowest BCUT2D eigenvalue weighted by atomic mass is 9.89. The Bertz CT molecular complexity index is 488. The Labute approximate surface area is 128 Å². The minimum atomic E-state index is -3.93. The van der Waals surface area contributed by atoms with E-state index >= 15 is 0 Å². The van der Waals surface area contributed by atoms with Gasteiger partial charge in [0.1, 0.15) is 0 Å². The summed E-state index contributed by atoms with van der Waals surface area (Å²) in [5, 5.41) is 0. The fourth-order valence-corrected chi connectivity index (χ4v) is 2.27. The Hall–Kier alpha value is -1.33. The van der Waals surface area contributed by atoms with Gasteiger partial charge in [-0.3, -0.25) is 4.79 Å². The normalized spacial score (nSPS) is 15.3. The van der Waals surface area contributed by atoms with Crippen LogP contribution in [0.2, 0.25) is 0 Å². The van der Waals surface area contributed by atoms with E-state index in [0.29, 0.717) is 24.1 Å². The van der Waals surface area contributed by atoms with Crippen molar-refractivity contribution in [1.29, 1.82) is 0 Å². The number of pyridine rings is 1. The Morgan fingerprint density at radius 3 is 1.95 bits per heavy atom. The molecule has 0 saturated heterocycles. The molecule has 128 valence electrons. The van der Waals surface area contributed by atoms with Crippen molar-refractivity contribution in [2.24, 2.45) is 5.92 Å². The van der Waals surface area contributed by atoms with Crippen molar-refractivity contribution in [3.8, 4) is 0 Å². The average Bonchev–Trinajstić information content (AvgIpc) is 2.47. The summed E-state index contributed by atoms with van der Waals surface area (Å²) in [5.41, 5.74) is 0.433. The maximum atomic E-state index is 12.6. The molecule has 1 saturated carbocycles. The third-order valence-electron chi connectivity index (χ3n) is 3.36. The van der Waals surface area contributed by atoms with Crippen LogP contribution in [0.25, 0.3) is 0 Å². The van der Waals surface area contributed by atoms with Crippen molar-refractivity contribution in [3.05, 3.63) is 33.5 Å². The zero-order valence-electron chi connectivity index (χ0n) is 13.6. The number of rotatable bonds is 0. The zero-order valence-corrected chi connectivity index (χ0v) is 13.6. The van der Waals surface area contributed by atoms with Crippen LogP contribution in [0.3, 0.4) is 0 Å². The monoisotopic (exact) mass is 323 g/mol. The first-order valence-corrected chi connectivity index (χ1v) is 7.64. The maximum absolute atomic E-state index is 12.6. The highest BCUT2D eigenvalue weighted by Gasteiger charge is 2.39. The highest BCUT2D eigenvalue weighted by atomic mass is 19.4. The molecule has 6 heteroatoms. The van der Waals surface area contributed by atoms with Crippen molar-refractivity contribution in [2.45, 2.75) is 66.0 Å². The number of nitrogens with one attached hydrogen (secondary N) is 1. The van der Waals surface area contributed by atoms with E-state index in [4.69, 9.17) is 0 Å². The van der Waals surface area contributed by atoms with Crippen LogP contribution in [0.15, 0.2) is 10.9 Å². The minimum absolute atomic E-state index is 0.351. The number of hydrogen-bond donors (Lipinski definition) is 1. The third-order valence-corrected chi connectivity index (χ3v) is 3.36. The van der Waals surface area contributed by atoms with Gasteiger partial charge in [0.25, 0.3) is 5.56 Å². The fraction of sp³-hybridized carbons (Fsp3) is 0.688. The molecule has 22 heavy (non-hydrogen) atoms. The van der Waals surface area contributed by atoms with Crippen molar-refractivity contribution in [2.75, 3.05) is 0 Å². The number of aryl methyl sites for hydroxylation is 2. The molecule has 0 aromatic carbocycles. The van der Waals surface area contributed by atoms with E-state index in [1.807, 2.05) is 13.8 Å². The number of hydrogen-bond acceptors (Lipinski definition) is 1. The molecule has 0 unspecified atom stereocenters. The van der Waals surface area contributed by atoms with Crippen LogP contribution in [-0.2, 0) is 0 Å². The van der Waals surface area contributed by atoms with Crippen molar-refractivity contribution >= 4 is 0 Å². The van der Waals surface area contributed by atoms with Gasteiger partial charge in [-0.2, -0.15) is 13.2 Å². The molecule has 2 rings (SSSR count). The predicted molar refractivity (Wildman–Crippen MR) is 80.5 cm³/mol. The average molecular weight is 323 g/mol. The number of aromatic amines is 1. The van der Waals surface area contributed by atoms with Crippen molar-refractivity contribution in [3.63, 3.8) is 0 Å². The highest BCUT2D eigenvalue weighted by molar-refractivity contribution is 5.15. The van der Waals surface area contributed by atoms with Gasteiger partial charge < -0.3 is 4.98 Å². The molecular formula is C16H25F4NO. The standard InChI is InChI=1S/C7H11F3.C7H8FNO.C2H6/c8-7(9,10)6-4-2-1-3-5-6;1-4-3-5(2)9-7(10)6(4)8;1-2/h6H,1-5H2;3H,1-2H3,(H,9,10);1-2H3. The molecule has 1 aromatic heterocycles. The molecule has 0 bridgehead atoms. The number of halogens is 4. The van der Waals surface area contributed by atoms with E-state index in [1.165, 1.54) is 0 Å². The summed E-state index contributed by atoms with van der Waals surface area (Å²) in [6.07, 6.45) is -0.742. The number of H-pyrrole nitrogens is 1. The van der Waals surface area contributed by atoms with E-state index in [-0.39, 0.29) is 0 Å². The Morgan fingerprint density at radius 2 is 1.59 bits per heavy atom. The summed E-state index contributed by atoms with van der Waals surface area (Å²) in [6, 6.07) is 1.59. The zero-order chi connectivity index (χ0) is 17.3. The van der Waals surface area contributed by atoms with Gasteiger partial charge in [0.2, 0.25) is 0 Å². The Kier molecular flexibility index (Phi) is 9.06. The van der Waals surface area contributed by atoms with Gasteiger partial charge in [-0.05, 0) is 38.3 Å². The summed E-state index contributed by atoms with van der Waals surface area (Å²) in [4.78, 5) is 13.0. The van der Waals surface area contributed by atoms with Gasteiger partial charge in [0, 0.05) is 5.69 Å². The number of aromatic nitrogens is 1. The SMILES string of the molecule is CC.Cc1cc(C)c(F)c(=O)[nH]1.FC(F)(F)C1CCCCC1. The lowest BCUT2D eigenvalue weighted by molar-refractivity contribution is -0.181. The van der Waals surface area contributed by atoms with Gasteiger partial charge in [0.15, 0.2) is 5.82 Å². The molecule has 0 amide bonds. The van der Waals surface area contributed by atoms with Crippen LogP contribution in [0.1, 0.15) is 57.2 Å². The summed E-state index contributed by atoms with van der Waals surface area (Å²) < 4.78 is 48.4. The molecular weight excluding hydrogens is 298 g/mol. The molecule has 1 N–H and O–H groups in total. The second kappa shape index (κ2) is 9.64. The molecule has 0 atom stereocenters. The van der Waals surface area contributed by atoms with Crippen LogP contribution in [-0.4, -0.2) is 11.2 Å². The molecule has 0 aliphatic heterocycles. The largest absolute Gasteiger partial charge is 0.391 e. The third kappa shape index (κ3) is 7.09. The van der Waals surface area contributed by atoms with Crippen LogP contribution in [0.4, 0.5) is 17.6 Å². The van der Waals surface area contributed by atoms with E-state index < -0.39 is 23.5 Å². The van der Waals surface area contributed by atoms with Crippen LogP contribution in [0.5, 0.6) is 0 Å². The van der Waals surface area contributed by atoms with Crippen LogP contribution >= 0.6 is 0 Å². The first-order chi connectivity index (χ1) is 10.2. The molecule has 1 fully saturated rings. The lowest BCUT2D eigenvalue weighted by Crippen LogP contribution is -2.24. The first-order valence-electron chi connectivity index (χ1n) is 7.64. The molecule has 2 nitrogen and oxygen atoms in total. The molecule has 1 aliphatic carbocycles. The topological polar surface area (TPSA) is 32.9 Å². The summed E-state index contributed by atoms with van der Waals surface area (Å²) in [5.74, 6) is -1.69. The van der Waals surface area contributed by atoms with Gasteiger partial charge >= 0.3 is 6.18 Å². The van der Waals surface area contributed by atoms with E-state index in [1.54, 1.807) is 19.9 Å². The molecule has 1 aromatic rings. The molecule has 0 spiro atoms. The summed E-state index contributed by atoms with van der Waals surface area (Å²) in [7, 11) is 0. The van der Waals surface area contributed by atoms with Crippen LogP contribution in [0, 0.1) is 25.6 Å². The summed E-state index contributed by atoms with van der Waals surface area (Å²) >= 11 is 0. The second-order valence-corrected chi connectivity index (χ2v) is 5.16. The summed E-state index contributed by atoms with van der Waals surface area (Å²) in [6.45, 7) is 7.28. The van der Waals surface area contributed by atoms with Gasteiger partial charge in [0.05, 0.1) is 5.92 Å². The van der Waals surface area contributed by atoms with Crippen LogP contribution < -0.4 is 5.56 Å². The fourth-order valence-electron chi connectivity index (χ4n) is 2.27. The first kappa shape index (κ1) is 20.7. The predicted octanol–water partition coefficient (Wildman–Crippen LogP) is 5.29. The molecule has 1 heterocycles. The quantitative estimate of drug-likeness (QED) is 0.647. The highest BCUT2D eigenvalue weighted by Crippen LogP contribution is 2.37. The van der Waals surface area contributed by atoms with E-state index in [0.717, 1.165) is 19.3 Å². The smallest absolute Gasteiger partial charge is 0.324 e. The van der Waals surface area contributed by atoms with Crippen molar-refractivity contribution < 1.29 is 17.6 Å². The Morgan fingerprint density at radius 1 is 1.09 bits per heavy atom.